The topological polar surface area (TPSA) is 73.4 Å². The van der Waals surface area contributed by atoms with Crippen LogP contribution in [0.25, 0.3) is 10.2 Å². The minimum Gasteiger partial charge on any atom is -0.494 e. The van der Waals surface area contributed by atoms with E-state index in [0.29, 0.717) is 60.1 Å². The quantitative estimate of drug-likeness (QED) is 0.301. The van der Waals surface area contributed by atoms with Crippen molar-refractivity contribution >= 4 is 32.6 Å². The Hall–Kier alpha value is -3.04. The van der Waals surface area contributed by atoms with Crippen LogP contribution in [0, 0.1) is 6.92 Å². The van der Waals surface area contributed by atoms with E-state index in [1.807, 2.05) is 53.9 Å². The van der Waals surface area contributed by atoms with E-state index in [0.717, 1.165) is 28.7 Å². The number of ether oxygens (including phenoxy) is 4. The van der Waals surface area contributed by atoms with Gasteiger partial charge in [-0.15, -0.1) is 0 Å². The standard InChI is InChI=1S/C27H37N3O5S/c1-8-33-21-16-19(17-22(34-9-2)24(21)35-10-3)26(31)30(15-11-14-29(5)6)27-28-23-20(32-7)13-12-18(4)25(23)36-27/h12-13,16-17H,8-11,14-15H2,1-7H3. The first-order valence-electron chi connectivity index (χ1n) is 12.3. The number of thiazole rings is 1. The maximum Gasteiger partial charge on any atom is 0.260 e. The third-order valence-electron chi connectivity index (χ3n) is 5.53. The molecule has 0 spiro atoms. The minimum absolute atomic E-state index is 0.172. The Balaban J connectivity index is 2.10. The van der Waals surface area contributed by atoms with Gasteiger partial charge in [0.2, 0.25) is 5.75 Å². The molecule has 36 heavy (non-hydrogen) atoms. The summed E-state index contributed by atoms with van der Waals surface area (Å²) in [6.45, 7) is 10.4. The number of fused-ring (bicyclic) bond motifs is 1. The second kappa shape index (κ2) is 12.8. The Morgan fingerprint density at radius 2 is 1.58 bits per heavy atom. The summed E-state index contributed by atoms with van der Waals surface area (Å²) in [5, 5.41) is 0.631. The first-order chi connectivity index (χ1) is 17.3. The predicted octanol–water partition coefficient (Wildman–Crippen LogP) is 5.41. The molecule has 9 heteroatoms. The van der Waals surface area contributed by atoms with Crippen molar-refractivity contribution < 1.29 is 23.7 Å². The Labute approximate surface area is 217 Å². The molecule has 3 rings (SSSR count). The average Bonchev–Trinajstić information content (AvgIpc) is 3.30. The van der Waals surface area contributed by atoms with Gasteiger partial charge in [-0.05, 0) is 78.5 Å². The fourth-order valence-corrected chi connectivity index (χ4v) is 4.95. The zero-order chi connectivity index (χ0) is 26.2. The molecule has 196 valence electrons. The summed E-state index contributed by atoms with van der Waals surface area (Å²) in [5.74, 6) is 2.01. The van der Waals surface area contributed by atoms with E-state index < -0.39 is 0 Å². The van der Waals surface area contributed by atoms with Crippen molar-refractivity contribution in [1.29, 1.82) is 0 Å². The fourth-order valence-electron chi connectivity index (χ4n) is 3.88. The Bertz CT molecular complexity index is 1150. The molecule has 0 saturated heterocycles. The van der Waals surface area contributed by atoms with E-state index in [2.05, 4.69) is 4.90 Å². The Kier molecular flexibility index (Phi) is 9.78. The lowest BCUT2D eigenvalue weighted by molar-refractivity contribution is 0.0985. The van der Waals surface area contributed by atoms with E-state index in [4.69, 9.17) is 23.9 Å². The van der Waals surface area contributed by atoms with Crippen molar-refractivity contribution in [2.24, 2.45) is 0 Å². The summed E-state index contributed by atoms with van der Waals surface area (Å²) in [5.41, 5.74) is 2.31. The van der Waals surface area contributed by atoms with Crippen molar-refractivity contribution in [3.8, 4) is 23.0 Å². The molecule has 0 atom stereocenters. The summed E-state index contributed by atoms with van der Waals surface area (Å²) in [7, 11) is 5.67. The Morgan fingerprint density at radius 3 is 2.14 bits per heavy atom. The molecule has 0 bridgehead atoms. The lowest BCUT2D eigenvalue weighted by Gasteiger charge is -2.22. The third kappa shape index (κ3) is 6.20. The number of hydrogen-bond donors (Lipinski definition) is 0. The van der Waals surface area contributed by atoms with E-state index in [1.54, 1.807) is 24.1 Å². The lowest BCUT2D eigenvalue weighted by atomic mass is 10.1. The number of carbonyl (C=O) groups is 1. The van der Waals surface area contributed by atoms with Gasteiger partial charge in [0, 0.05) is 12.1 Å². The molecule has 0 N–H and O–H groups in total. The number of anilines is 1. The second-order valence-electron chi connectivity index (χ2n) is 8.47. The van der Waals surface area contributed by atoms with Crippen LogP contribution in [0.15, 0.2) is 24.3 Å². The molecule has 0 aliphatic heterocycles. The molecule has 1 amide bonds. The highest BCUT2D eigenvalue weighted by molar-refractivity contribution is 7.22. The highest BCUT2D eigenvalue weighted by Crippen LogP contribution is 2.41. The van der Waals surface area contributed by atoms with Gasteiger partial charge < -0.3 is 23.8 Å². The molecule has 0 aliphatic rings. The van der Waals surface area contributed by atoms with Crippen molar-refractivity contribution in [2.45, 2.75) is 34.1 Å². The van der Waals surface area contributed by atoms with Gasteiger partial charge in [0.05, 0.1) is 31.6 Å². The van der Waals surface area contributed by atoms with Gasteiger partial charge in [0.1, 0.15) is 11.3 Å². The van der Waals surface area contributed by atoms with Gasteiger partial charge in [0.15, 0.2) is 16.6 Å². The molecule has 3 aromatic rings. The van der Waals surface area contributed by atoms with Crippen LogP contribution in [0.2, 0.25) is 0 Å². The monoisotopic (exact) mass is 515 g/mol. The van der Waals surface area contributed by atoms with Crippen molar-refractivity contribution in [1.82, 2.24) is 9.88 Å². The van der Waals surface area contributed by atoms with Crippen LogP contribution in [-0.4, -0.2) is 69.9 Å². The van der Waals surface area contributed by atoms with Gasteiger partial charge in [-0.25, -0.2) is 4.98 Å². The molecule has 0 radical (unpaired) electrons. The predicted molar refractivity (Wildman–Crippen MR) is 146 cm³/mol. The zero-order valence-electron chi connectivity index (χ0n) is 22.3. The van der Waals surface area contributed by atoms with Gasteiger partial charge >= 0.3 is 0 Å². The molecular weight excluding hydrogens is 478 g/mol. The number of hydrogen-bond acceptors (Lipinski definition) is 8. The molecule has 0 aliphatic carbocycles. The molecule has 2 aromatic carbocycles. The Morgan fingerprint density at radius 1 is 0.944 bits per heavy atom. The van der Waals surface area contributed by atoms with Gasteiger partial charge in [-0.3, -0.25) is 9.69 Å². The molecule has 0 saturated carbocycles. The molecular formula is C27H37N3O5S. The number of rotatable bonds is 13. The van der Waals surface area contributed by atoms with Crippen molar-refractivity contribution in [3.05, 3.63) is 35.4 Å². The first kappa shape index (κ1) is 27.5. The number of nitrogens with zero attached hydrogens (tertiary/aromatic N) is 3. The number of aryl methyl sites for hydroxylation is 1. The second-order valence-corrected chi connectivity index (χ2v) is 9.45. The van der Waals surface area contributed by atoms with Crippen LogP contribution >= 0.6 is 11.3 Å². The van der Waals surface area contributed by atoms with E-state index in [-0.39, 0.29) is 5.91 Å². The molecule has 1 aromatic heterocycles. The van der Waals surface area contributed by atoms with Crippen LogP contribution in [0.1, 0.15) is 43.1 Å². The molecule has 8 nitrogen and oxygen atoms in total. The van der Waals surface area contributed by atoms with E-state index in [9.17, 15) is 4.79 Å². The summed E-state index contributed by atoms with van der Waals surface area (Å²) < 4.78 is 24.1. The summed E-state index contributed by atoms with van der Waals surface area (Å²) in [6, 6.07) is 7.39. The van der Waals surface area contributed by atoms with Crippen LogP contribution in [0.3, 0.4) is 0 Å². The summed E-state index contributed by atoms with van der Waals surface area (Å²) >= 11 is 1.50. The normalized spacial score (nSPS) is 11.1. The van der Waals surface area contributed by atoms with Crippen LogP contribution in [0.5, 0.6) is 23.0 Å². The van der Waals surface area contributed by atoms with E-state index >= 15 is 0 Å². The zero-order valence-corrected chi connectivity index (χ0v) is 23.2. The maximum absolute atomic E-state index is 14.0. The SMILES string of the molecule is CCOc1cc(C(=O)N(CCCN(C)C)c2nc3c(OC)ccc(C)c3s2)cc(OCC)c1OCC. The van der Waals surface area contributed by atoms with Crippen LogP contribution in [0.4, 0.5) is 5.13 Å². The minimum atomic E-state index is -0.172. The first-order valence-corrected chi connectivity index (χ1v) is 13.1. The van der Waals surface area contributed by atoms with Crippen molar-refractivity contribution in [2.75, 3.05) is 59.0 Å². The van der Waals surface area contributed by atoms with Crippen molar-refractivity contribution in [3.63, 3.8) is 0 Å². The summed E-state index contributed by atoms with van der Waals surface area (Å²) in [4.78, 5) is 22.7. The van der Waals surface area contributed by atoms with Crippen LogP contribution in [-0.2, 0) is 0 Å². The highest BCUT2D eigenvalue weighted by atomic mass is 32.1. The van der Waals surface area contributed by atoms with Gasteiger partial charge in [-0.2, -0.15) is 0 Å². The third-order valence-corrected chi connectivity index (χ3v) is 6.74. The number of amides is 1. The maximum atomic E-state index is 14.0. The van der Waals surface area contributed by atoms with Crippen LogP contribution < -0.4 is 23.8 Å². The molecule has 1 heterocycles. The number of benzene rings is 2. The number of carbonyl (C=O) groups excluding carboxylic acids is 1. The highest BCUT2D eigenvalue weighted by Gasteiger charge is 2.26. The molecule has 0 unspecified atom stereocenters. The molecule has 0 fully saturated rings. The number of aromatic nitrogens is 1. The number of methoxy groups -OCH3 is 1. The van der Waals surface area contributed by atoms with Gasteiger partial charge in [0.25, 0.3) is 5.91 Å². The average molecular weight is 516 g/mol. The fraction of sp³-hybridized carbons (Fsp3) is 0.481. The smallest absolute Gasteiger partial charge is 0.260 e. The van der Waals surface area contributed by atoms with Gasteiger partial charge in [-0.1, -0.05) is 17.4 Å². The van der Waals surface area contributed by atoms with E-state index in [1.165, 1.54) is 11.3 Å². The summed E-state index contributed by atoms with van der Waals surface area (Å²) in [6.07, 6.45) is 0.790. The lowest BCUT2D eigenvalue weighted by Crippen LogP contribution is -2.33. The largest absolute Gasteiger partial charge is 0.494 e.